The lowest BCUT2D eigenvalue weighted by molar-refractivity contribution is -0.135. The molecule has 1 heterocycles. The van der Waals surface area contributed by atoms with Crippen LogP contribution in [0, 0.1) is 18.8 Å². The predicted molar refractivity (Wildman–Crippen MR) is 111 cm³/mol. The normalized spacial score (nSPS) is 14.5. The molecule has 0 saturated heterocycles. The fraction of sp³-hybridized carbons (Fsp3) is 0.318. The molecule has 0 bridgehead atoms. The molecule has 1 aliphatic rings. The summed E-state index contributed by atoms with van der Waals surface area (Å²) in [5, 5.41) is 21.6. The van der Waals surface area contributed by atoms with Gasteiger partial charge in [0.2, 0.25) is 0 Å². The number of aliphatic carboxylic acids is 1. The average molecular weight is 429 g/mol. The second-order valence-electron chi connectivity index (χ2n) is 7.07. The molecule has 1 aliphatic carbocycles. The van der Waals surface area contributed by atoms with E-state index in [1.54, 1.807) is 31.2 Å². The Labute approximate surface area is 179 Å². The molecular formula is C22H21ClN2O5. The van der Waals surface area contributed by atoms with Gasteiger partial charge >= 0.3 is 5.97 Å². The zero-order valence-electron chi connectivity index (χ0n) is 16.4. The van der Waals surface area contributed by atoms with Gasteiger partial charge in [0.15, 0.2) is 11.3 Å². The Morgan fingerprint density at radius 1 is 1.27 bits per heavy atom. The maximum absolute atomic E-state index is 12.0. The number of hydrogen-bond acceptors (Lipinski definition) is 5. The molecule has 1 saturated carbocycles. The molecule has 156 valence electrons. The molecule has 1 aromatic carbocycles. The van der Waals surface area contributed by atoms with Gasteiger partial charge in [-0.2, -0.15) is 0 Å². The van der Waals surface area contributed by atoms with Crippen molar-refractivity contribution >= 4 is 23.5 Å². The highest BCUT2D eigenvalue weighted by molar-refractivity contribution is 6.30. The monoisotopic (exact) mass is 428 g/mol. The van der Waals surface area contributed by atoms with Gasteiger partial charge in [-0.15, -0.1) is 0 Å². The van der Waals surface area contributed by atoms with Crippen LogP contribution in [0.15, 0.2) is 30.3 Å². The summed E-state index contributed by atoms with van der Waals surface area (Å²) in [5.74, 6) is 4.58. The van der Waals surface area contributed by atoms with E-state index in [1.807, 2.05) is 0 Å². The second-order valence-corrected chi connectivity index (χ2v) is 7.51. The SMILES string of the molecule is Cc1nc(C(=O)NCC(=O)O)c(O)cc1C#CC1(Oc2ccc(Cl)cc2)CCCC1. The number of ether oxygens (including phenoxy) is 1. The van der Waals surface area contributed by atoms with Crippen molar-refractivity contribution in [3.05, 3.63) is 52.3 Å². The van der Waals surface area contributed by atoms with Gasteiger partial charge in [0.25, 0.3) is 5.91 Å². The lowest BCUT2D eigenvalue weighted by atomic mass is 10.0. The Bertz CT molecular complexity index is 1020. The highest BCUT2D eigenvalue weighted by Crippen LogP contribution is 2.34. The number of aromatic hydroxyl groups is 1. The number of rotatable bonds is 5. The van der Waals surface area contributed by atoms with E-state index in [1.165, 1.54) is 6.07 Å². The molecule has 0 atom stereocenters. The first kappa shape index (κ1) is 21.5. The first-order valence-electron chi connectivity index (χ1n) is 9.46. The van der Waals surface area contributed by atoms with Crippen LogP contribution in [0.2, 0.25) is 5.02 Å². The average Bonchev–Trinajstić information content (AvgIpc) is 3.17. The molecule has 0 spiro atoms. The summed E-state index contributed by atoms with van der Waals surface area (Å²) in [6.07, 6.45) is 3.54. The van der Waals surface area contributed by atoms with E-state index < -0.39 is 24.0 Å². The zero-order chi connectivity index (χ0) is 21.7. The van der Waals surface area contributed by atoms with Crippen molar-refractivity contribution in [2.24, 2.45) is 0 Å². The third-order valence-corrected chi connectivity index (χ3v) is 5.02. The highest BCUT2D eigenvalue weighted by atomic mass is 35.5. The molecule has 2 aromatic rings. The summed E-state index contributed by atoms with van der Waals surface area (Å²) < 4.78 is 6.19. The Morgan fingerprint density at radius 2 is 1.93 bits per heavy atom. The molecule has 1 aromatic heterocycles. The number of pyridine rings is 1. The predicted octanol–water partition coefficient (Wildman–Crippen LogP) is 3.31. The van der Waals surface area contributed by atoms with E-state index in [0.29, 0.717) is 22.0 Å². The molecule has 0 unspecified atom stereocenters. The number of amides is 1. The number of aromatic nitrogens is 1. The number of nitrogens with one attached hydrogen (secondary N) is 1. The summed E-state index contributed by atoms with van der Waals surface area (Å²) in [5.41, 5.74) is 0.0222. The van der Waals surface area contributed by atoms with E-state index in [-0.39, 0.29) is 11.4 Å². The summed E-state index contributed by atoms with van der Waals surface area (Å²) in [7, 11) is 0. The van der Waals surface area contributed by atoms with Crippen molar-refractivity contribution in [2.45, 2.75) is 38.2 Å². The van der Waals surface area contributed by atoms with Crippen molar-refractivity contribution in [1.82, 2.24) is 10.3 Å². The Morgan fingerprint density at radius 3 is 2.57 bits per heavy atom. The first-order chi connectivity index (χ1) is 14.3. The van der Waals surface area contributed by atoms with Gasteiger partial charge in [0.05, 0.1) is 5.69 Å². The lowest BCUT2D eigenvalue weighted by Crippen LogP contribution is -2.30. The topological polar surface area (TPSA) is 109 Å². The number of aryl methyl sites for hydroxylation is 1. The van der Waals surface area contributed by atoms with Crippen LogP contribution in [-0.4, -0.2) is 39.2 Å². The molecule has 1 fully saturated rings. The molecule has 1 amide bonds. The third-order valence-electron chi connectivity index (χ3n) is 4.77. The number of carbonyl (C=O) groups is 2. The van der Waals surface area contributed by atoms with Gasteiger partial charge in [0, 0.05) is 10.6 Å². The van der Waals surface area contributed by atoms with Gasteiger partial charge in [-0.05, 0) is 68.9 Å². The standard InChI is InChI=1S/C22H21ClN2O5/c1-14-15(12-18(26)20(25-14)21(29)24-13-19(27)28)8-11-22(9-2-3-10-22)30-17-6-4-16(23)5-7-17/h4-7,12,26H,2-3,9-10,13H2,1H3,(H,24,29)(H,27,28). The summed E-state index contributed by atoms with van der Waals surface area (Å²) in [6, 6.07) is 8.47. The number of carboxylic acid groups (broad SMARTS) is 1. The number of benzene rings is 1. The van der Waals surface area contributed by atoms with Crippen molar-refractivity contribution in [3.63, 3.8) is 0 Å². The molecule has 7 nitrogen and oxygen atoms in total. The fourth-order valence-corrected chi connectivity index (χ4v) is 3.36. The molecule has 3 rings (SSSR count). The third kappa shape index (κ3) is 5.22. The largest absolute Gasteiger partial charge is 0.505 e. The van der Waals surface area contributed by atoms with Gasteiger partial charge in [-0.1, -0.05) is 17.5 Å². The quantitative estimate of drug-likeness (QED) is 0.630. The number of carboxylic acids is 1. The van der Waals surface area contributed by atoms with Crippen LogP contribution in [0.1, 0.15) is 47.4 Å². The Kier molecular flexibility index (Phi) is 6.48. The molecule has 3 N–H and O–H groups in total. The van der Waals surface area contributed by atoms with E-state index in [4.69, 9.17) is 21.4 Å². The highest BCUT2D eigenvalue weighted by Gasteiger charge is 2.34. The van der Waals surface area contributed by atoms with Crippen molar-refractivity contribution in [1.29, 1.82) is 0 Å². The van der Waals surface area contributed by atoms with E-state index in [2.05, 4.69) is 22.1 Å². The van der Waals surface area contributed by atoms with Crippen molar-refractivity contribution < 1.29 is 24.5 Å². The first-order valence-corrected chi connectivity index (χ1v) is 9.84. The van der Waals surface area contributed by atoms with Crippen LogP contribution in [-0.2, 0) is 4.79 Å². The van der Waals surface area contributed by atoms with Gasteiger partial charge in [-0.25, -0.2) is 4.98 Å². The molecule has 30 heavy (non-hydrogen) atoms. The maximum atomic E-state index is 12.0. The Balaban J connectivity index is 1.84. The van der Waals surface area contributed by atoms with Crippen LogP contribution < -0.4 is 10.1 Å². The number of halogens is 1. The minimum Gasteiger partial charge on any atom is -0.505 e. The lowest BCUT2D eigenvalue weighted by Gasteiger charge is -2.24. The zero-order valence-corrected chi connectivity index (χ0v) is 17.1. The van der Waals surface area contributed by atoms with Crippen LogP contribution in [0.25, 0.3) is 0 Å². The van der Waals surface area contributed by atoms with E-state index in [9.17, 15) is 14.7 Å². The van der Waals surface area contributed by atoms with Gasteiger partial charge in [-0.3, -0.25) is 9.59 Å². The number of carbonyl (C=O) groups excluding carboxylic acids is 1. The summed E-state index contributed by atoms with van der Waals surface area (Å²) in [6.45, 7) is 1.10. The molecular weight excluding hydrogens is 408 g/mol. The van der Waals surface area contributed by atoms with Crippen LogP contribution >= 0.6 is 11.6 Å². The minimum absolute atomic E-state index is 0.243. The Hall–Kier alpha value is -3.24. The maximum Gasteiger partial charge on any atom is 0.322 e. The van der Waals surface area contributed by atoms with Crippen molar-refractivity contribution in [2.75, 3.05) is 6.54 Å². The molecule has 0 aliphatic heterocycles. The number of nitrogens with zero attached hydrogens (tertiary/aromatic N) is 1. The van der Waals surface area contributed by atoms with E-state index in [0.717, 1.165) is 25.7 Å². The minimum atomic E-state index is -1.19. The molecule has 8 heteroatoms. The van der Waals surface area contributed by atoms with Crippen LogP contribution in [0.3, 0.4) is 0 Å². The van der Waals surface area contributed by atoms with Gasteiger partial charge in [0.1, 0.15) is 18.0 Å². The van der Waals surface area contributed by atoms with Crippen LogP contribution in [0.4, 0.5) is 0 Å². The second kappa shape index (κ2) is 9.06. The van der Waals surface area contributed by atoms with E-state index >= 15 is 0 Å². The summed E-state index contributed by atoms with van der Waals surface area (Å²) >= 11 is 5.93. The van der Waals surface area contributed by atoms with Crippen molar-refractivity contribution in [3.8, 4) is 23.3 Å². The smallest absolute Gasteiger partial charge is 0.322 e. The number of hydrogen-bond donors (Lipinski definition) is 3. The van der Waals surface area contributed by atoms with Crippen LogP contribution in [0.5, 0.6) is 11.5 Å². The van der Waals surface area contributed by atoms with Gasteiger partial charge < -0.3 is 20.3 Å². The molecule has 0 radical (unpaired) electrons. The summed E-state index contributed by atoms with van der Waals surface area (Å²) in [4.78, 5) is 26.7. The fourth-order valence-electron chi connectivity index (χ4n) is 3.24.